The summed E-state index contributed by atoms with van der Waals surface area (Å²) < 4.78 is 0. The van der Waals surface area contributed by atoms with Gasteiger partial charge in [0.15, 0.2) is 0 Å². The van der Waals surface area contributed by atoms with Crippen LogP contribution in [0.1, 0.15) is 31.5 Å². The molecule has 0 saturated carbocycles. The lowest BCUT2D eigenvalue weighted by molar-refractivity contribution is -0.126. The second kappa shape index (κ2) is 4.74. The largest absolute Gasteiger partial charge is 0.349 e. The van der Waals surface area contributed by atoms with Gasteiger partial charge in [0, 0.05) is 23.9 Å². The average Bonchev–Trinajstić information content (AvgIpc) is 2.59. The van der Waals surface area contributed by atoms with Gasteiger partial charge in [0.1, 0.15) is 5.01 Å². The van der Waals surface area contributed by atoms with Crippen molar-refractivity contribution < 1.29 is 4.79 Å². The lowest BCUT2D eigenvalue weighted by Crippen LogP contribution is -2.50. The highest BCUT2D eigenvalue weighted by Crippen LogP contribution is 2.23. The molecule has 2 heterocycles. The zero-order chi connectivity index (χ0) is 12.5. The monoisotopic (exact) mass is 253 g/mol. The van der Waals surface area contributed by atoms with Crippen LogP contribution in [0.5, 0.6) is 0 Å². The van der Waals surface area contributed by atoms with Gasteiger partial charge in [-0.1, -0.05) is 20.8 Å². The summed E-state index contributed by atoms with van der Waals surface area (Å²) in [5.74, 6) is 0.285. The maximum absolute atomic E-state index is 11.6. The number of hydrogen-bond donors (Lipinski definition) is 2. The van der Waals surface area contributed by atoms with Crippen molar-refractivity contribution in [2.75, 3.05) is 13.1 Å². The van der Waals surface area contributed by atoms with Crippen molar-refractivity contribution in [3.05, 3.63) is 16.1 Å². The van der Waals surface area contributed by atoms with E-state index in [-0.39, 0.29) is 17.2 Å². The van der Waals surface area contributed by atoms with E-state index in [9.17, 15) is 4.79 Å². The molecule has 2 N–H and O–H groups in total. The molecule has 94 valence electrons. The molecule has 4 nitrogen and oxygen atoms in total. The first kappa shape index (κ1) is 12.5. The lowest BCUT2D eigenvalue weighted by atomic mass is 9.93. The number of carbonyl (C=O) groups excluding carboxylic acids is 1. The fourth-order valence-corrected chi connectivity index (χ4v) is 2.48. The summed E-state index contributed by atoms with van der Waals surface area (Å²) in [5, 5.41) is 9.08. The minimum absolute atomic E-state index is 0.0800. The van der Waals surface area contributed by atoms with Crippen LogP contribution >= 0.6 is 11.3 Å². The molecule has 1 aliphatic rings. The van der Waals surface area contributed by atoms with Crippen molar-refractivity contribution in [3.8, 4) is 0 Å². The van der Waals surface area contributed by atoms with Gasteiger partial charge in [0.25, 0.3) is 0 Å². The Morgan fingerprint density at radius 1 is 1.59 bits per heavy atom. The Morgan fingerprint density at radius 3 is 2.76 bits per heavy atom. The third-order valence-corrected chi connectivity index (χ3v) is 3.74. The number of carbonyl (C=O) groups is 1. The first-order chi connectivity index (χ1) is 7.97. The molecule has 17 heavy (non-hydrogen) atoms. The van der Waals surface area contributed by atoms with Gasteiger partial charge in [0.2, 0.25) is 5.91 Å². The van der Waals surface area contributed by atoms with E-state index < -0.39 is 0 Å². The molecule has 0 aromatic carbocycles. The molecule has 5 heteroatoms. The van der Waals surface area contributed by atoms with Crippen LogP contribution in [0, 0.1) is 5.92 Å². The van der Waals surface area contributed by atoms with Crippen molar-refractivity contribution in [1.29, 1.82) is 0 Å². The number of nitrogens with zero attached hydrogens (tertiary/aromatic N) is 1. The molecule has 1 saturated heterocycles. The van der Waals surface area contributed by atoms with Gasteiger partial charge in [-0.05, 0) is 0 Å². The van der Waals surface area contributed by atoms with Gasteiger partial charge in [-0.25, -0.2) is 4.98 Å². The summed E-state index contributed by atoms with van der Waals surface area (Å²) in [6, 6.07) is 0. The molecule has 1 aromatic rings. The van der Waals surface area contributed by atoms with Crippen molar-refractivity contribution in [1.82, 2.24) is 15.6 Å². The Kier molecular flexibility index (Phi) is 3.49. The van der Waals surface area contributed by atoms with Crippen LogP contribution in [-0.4, -0.2) is 24.0 Å². The predicted octanol–water partition coefficient (Wildman–Crippen LogP) is 1.28. The standard InChI is InChI=1S/C12H19N3OS/c1-12(2,3)9-7-17-10(15-9)6-14-11(16)8-4-13-5-8/h7-8,13H,4-6H2,1-3H3,(H,14,16). The highest BCUT2D eigenvalue weighted by Gasteiger charge is 2.24. The van der Waals surface area contributed by atoms with E-state index in [1.807, 2.05) is 0 Å². The number of aromatic nitrogens is 1. The summed E-state index contributed by atoms with van der Waals surface area (Å²) in [6.07, 6.45) is 0. The molecule has 1 amide bonds. The zero-order valence-corrected chi connectivity index (χ0v) is 11.4. The fourth-order valence-electron chi connectivity index (χ4n) is 1.52. The molecule has 2 rings (SSSR count). The maximum atomic E-state index is 11.6. The Balaban J connectivity index is 1.86. The fraction of sp³-hybridized carbons (Fsp3) is 0.667. The molecule has 0 spiro atoms. The Hall–Kier alpha value is -0.940. The SMILES string of the molecule is CC(C)(C)c1csc(CNC(=O)C2CNC2)n1. The van der Waals surface area contributed by atoms with Gasteiger partial charge >= 0.3 is 0 Å². The number of rotatable bonds is 3. The van der Waals surface area contributed by atoms with E-state index in [1.165, 1.54) is 0 Å². The van der Waals surface area contributed by atoms with Gasteiger partial charge in [-0.2, -0.15) is 0 Å². The van der Waals surface area contributed by atoms with Gasteiger partial charge in [0.05, 0.1) is 18.2 Å². The lowest BCUT2D eigenvalue weighted by Gasteiger charge is -2.25. The summed E-state index contributed by atoms with van der Waals surface area (Å²) in [7, 11) is 0. The van der Waals surface area contributed by atoms with E-state index in [0.717, 1.165) is 23.8 Å². The summed E-state index contributed by atoms with van der Waals surface area (Å²) in [5.41, 5.74) is 1.17. The van der Waals surface area contributed by atoms with Crippen molar-refractivity contribution >= 4 is 17.2 Å². The van der Waals surface area contributed by atoms with Gasteiger partial charge in [-0.15, -0.1) is 11.3 Å². The number of nitrogens with one attached hydrogen (secondary N) is 2. The molecular weight excluding hydrogens is 234 g/mol. The first-order valence-corrected chi connectivity index (χ1v) is 6.78. The van der Waals surface area contributed by atoms with Gasteiger partial charge < -0.3 is 10.6 Å². The molecule has 0 atom stereocenters. The van der Waals surface area contributed by atoms with Crippen LogP contribution < -0.4 is 10.6 Å². The van der Waals surface area contributed by atoms with Crippen LogP contribution in [0.2, 0.25) is 0 Å². The Morgan fingerprint density at radius 2 is 2.29 bits per heavy atom. The van der Waals surface area contributed by atoms with E-state index in [4.69, 9.17) is 0 Å². The van der Waals surface area contributed by atoms with E-state index in [2.05, 4.69) is 41.8 Å². The molecule has 1 aromatic heterocycles. The third kappa shape index (κ3) is 3.04. The average molecular weight is 253 g/mol. The van der Waals surface area contributed by atoms with Crippen molar-refractivity contribution in [3.63, 3.8) is 0 Å². The summed E-state index contributed by atoms with van der Waals surface area (Å²) in [6.45, 7) is 8.59. The minimum atomic E-state index is 0.0800. The van der Waals surface area contributed by atoms with E-state index in [1.54, 1.807) is 11.3 Å². The zero-order valence-electron chi connectivity index (χ0n) is 10.5. The van der Waals surface area contributed by atoms with Crippen LogP contribution in [0.15, 0.2) is 5.38 Å². The van der Waals surface area contributed by atoms with Crippen molar-refractivity contribution in [2.45, 2.75) is 32.7 Å². The molecule has 0 aliphatic carbocycles. The molecule has 0 radical (unpaired) electrons. The normalized spacial score (nSPS) is 16.6. The van der Waals surface area contributed by atoms with E-state index in [0.29, 0.717) is 6.54 Å². The third-order valence-electron chi connectivity index (χ3n) is 2.89. The van der Waals surface area contributed by atoms with E-state index >= 15 is 0 Å². The quantitative estimate of drug-likeness (QED) is 0.853. The van der Waals surface area contributed by atoms with Crippen LogP contribution in [0.4, 0.5) is 0 Å². The second-order valence-electron chi connectivity index (χ2n) is 5.45. The first-order valence-electron chi connectivity index (χ1n) is 5.90. The van der Waals surface area contributed by atoms with Gasteiger partial charge in [-0.3, -0.25) is 4.79 Å². The predicted molar refractivity (Wildman–Crippen MR) is 69.0 cm³/mol. The maximum Gasteiger partial charge on any atom is 0.226 e. The van der Waals surface area contributed by atoms with Crippen LogP contribution in [-0.2, 0) is 16.8 Å². The number of amides is 1. The topological polar surface area (TPSA) is 54.0 Å². The molecule has 0 unspecified atom stereocenters. The number of thiazole rings is 1. The molecular formula is C12H19N3OS. The highest BCUT2D eigenvalue weighted by atomic mass is 32.1. The van der Waals surface area contributed by atoms with Crippen LogP contribution in [0.25, 0.3) is 0 Å². The van der Waals surface area contributed by atoms with Crippen molar-refractivity contribution in [2.24, 2.45) is 5.92 Å². The molecule has 1 aliphatic heterocycles. The number of hydrogen-bond acceptors (Lipinski definition) is 4. The smallest absolute Gasteiger partial charge is 0.226 e. The summed E-state index contributed by atoms with van der Waals surface area (Å²) in [4.78, 5) is 16.2. The highest BCUT2D eigenvalue weighted by molar-refractivity contribution is 7.09. The molecule has 1 fully saturated rings. The summed E-state index contributed by atoms with van der Waals surface area (Å²) >= 11 is 1.61. The molecule has 0 bridgehead atoms. The second-order valence-corrected chi connectivity index (χ2v) is 6.39. The minimum Gasteiger partial charge on any atom is -0.349 e. The van der Waals surface area contributed by atoms with Crippen LogP contribution in [0.3, 0.4) is 0 Å². The Labute approximate surface area is 106 Å². The Bertz CT molecular complexity index is 404.